The van der Waals surface area contributed by atoms with Gasteiger partial charge in [0.25, 0.3) is 5.69 Å². The van der Waals surface area contributed by atoms with Crippen LogP contribution in [0, 0.1) is 17.0 Å². The van der Waals surface area contributed by atoms with Gasteiger partial charge in [-0.2, -0.15) is 0 Å². The lowest BCUT2D eigenvalue weighted by Crippen LogP contribution is -2.38. The summed E-state index contributed by atoms with van der Waals surface area (Å²) in [7, 11) is 0. The van der Waals surface area contributed by atoms with Crippen molar-refractivity contribution in [2.45, 2.75) is 44.9 Å². The van der Waals surface area contributed by atoms with Crippen LogP contribution in [-0.4, -0.2) is 17.4 Å². The van der Waals surface area contributed by atoms with Crippen LogP contribution in [0.3, 0.4) is 0 Å². The molecule has 0 saturated heterocycles. The van der Waals surface area contributed by atoms with Crippen molar-refractivity contribution < 1.29 is 14.5 Å². The average molecular weight is 368 g/mol. The molecule has 142 valence electrons. The first-order chi connectivity index (χ1) is 13.0. The van der Waals surface area contributed by atoms with E-state index in [1.165, 1.54) is 12.1 Å². The Morgan fingerprint density at radius 1 is 1.19 bits per heavy atom. The van der Waals surface area contributed by atoms with Gasteiger partial charge in [-0.15, -0.1) is 0 Å². The van der Waals surface area contributed by atoms with Gasteiger partial charge in [0.1, 0.15) is 5.75 Å². The van der Waals surface area contributed by atoms with Gasteiger partial charge in [0, 0.05) is 17.8 Å². The molecule has 1 saturated carbocycles. The van der Waals surface area contributed by atoms with E-state index in [9.17, 15) is 14.9 Å². The number of carbonyl (C=O) groups excluding carboxylic acids is 1. The lowest BCUT2D eigenvalue weighted by Gasteiger charge is -2.28. The van der Waals surface area contributed by atoms with Crippen molar-refractivity contribution in [1.82, 2.24) is 0 Å². The molecule has 0 bridgehead atoms. The number of ether oxygens (including phenoxy) is 1. The predicted molar refractivity (Wildman–Crippen MR) is 104 cm³/mol. The van der Waals surface area contributed by atoms with Crippen LogP contribution in [0.2, 0.25) is 0 Å². The van der Waals surface area contributed by atoms with Crippen molar-refractivity contribution in [2.24, 2.45) is 0 Å². The number of carbonyl (C=O) groups is 1. The van der Waals surface area contributed by atoms with Crippen LogP contribution < -0.4 is 10.1 Å². The average Bonchev–Trinajstić information content (AvgIpc) is 3.15. The number of non-ortho nitro benzene ring substituents is 1. The number of nitrogens with zero attached hydrogens (tertiary/aromatic N) is 1. The van der Waals surface area contributed by atoms with Crippen molar-refractivity contribution in [3.63, 3.8) is 0 Å². The molecule has 0 radical (unpaired) electrons. The number of hydrogen-bond acceptors (Lipinski definition) is 4. The molecule has 2 aromatic carbocycles. The SMILES string of the molecule is CCOc1ccc(NC(=O)C2(c3ccc([N+](=O)[O-])cc3)CCCC2)cc1C. The molecule has 0 aromatic heterocycles. The van der Waals surface area contributed by atoms with E-state index in [-0.39, 0.29) is 11.6 Å². The van der Waals surface area contributed by atoms with Gasteiger partial charge in [0.15, 0.2) is 0 Å². The van der Waals surface area contributed by atoms with Crippen LogP contribution >= 0.6 is 0 Å². The minimum atomic E-state index is -0.637. The fourth-order valence-corrected chi connectivity index (χ4v) is 3.82. The third kappa shape index (κ3) is 3.79. The zero-order chi connectivity index (χ0) is 19.4. The van der Waals surface area contributed by atoms with Crippen LogP contribution in [0.4, 0.5) is 11.4 Å². The normalized spacial score (nSPS) is 15.3. The number of nitrogens with one attached hydrogen (secondary N) is 1. The Morgan fingerprint density at radius 2 is 1.85 bits per heavy atom. The molecule has 1 aliphatic carbocycles. The molecule has 0 spiro atoms. The Hall–Kier alpha value is -2.89. The Morgan fingerprint density at radius 3 is 2.41 bits per heavy atom. The summed E-state index contributed by atoms with van der Waals surface area (Å²) >= 11 is 0. The summed E-state index contributed by atoms with van der Waals surface area (Å²) < 4.78 is 5.55. The minimum absolute atomic E-state index is 0.0365. The first-order valence-electron chi connectivity index (χ1n) is 9.26. The third-order valence-corrected chi connectivity index (χ3v) is 5.26. The fourth-order valence-electron chi connectivity index (χ4n) is 3.82. The number of hydrogen-bond donors (Lipinski definition) is 1. The summed E-state index contributed by atoms with van der Waals surface area (Å²) in [6.45, 7) is 4.47. The van der Waals surface area contributed by atoms with Crippen LogP contribution in [-0.2, 0) is 10.2 Å². The quantitative estimate of drug-likeness (QED) is 0.589. The second-order valence-electron chi connectivity index (χ2n) is 6.96. The van der Waals surface area contributed by atoms with Crippen LogP contribution in [0.15, 0.2) is 42.5 Å². The summed E-state index contributed by atoms with van der Waals surface area (Å²) in [5.41, 5.74) is 1.93. The molecule has 0 atom stereocenters. The van der Waals surface area contributed by atoms with Gasteiger partial charge >= 0.3 is 0 Å². The summed E-state index contributed by atoms with van der Waals surface area (Å²) in [6.07, 6.45) is 3.42. The van der Waals surface area contributed by atoms with Gasteiger partial charge < -0.3 is 10.1 Å². The number of benzene rings is 2. The van der Waals surface area contributed by atoms with Crippen LogP contribution in [0.25, 0.3) is 0 Å². The molecule has 2 aromatic rings. The van der Waals surface area contributed by atoms with Gasteiger partial charge in [-0.3, -0.25) is 14.9 Å². The first-order valence-corrected chi connectivity index (χ1v) is 9.26. The molecule has 0 heterocycles. The Labute approximate surface area is 158 Å². The molecule has 3 rings (SSSR count). The van der Waals surface area contributed by atoms with Gasteiger partial charge in [0.2, 0.25) is 5.91 Å². The lowest BCUT2D eigenvalue weighted by atomic mass is 9.78. The Kier molecular flexibility index (Phi) is 5.44. The Balaban J connectivity index is 1.85. The fraction of sp³-hybridized carbons (Fsp3) is 0.381. The highest BCUT2D eigenvalue weighted by Gasteiger charge is 2.42. The van der Waals surface area contributed by atoms with E-state index >= 15 is 0 Å². The Bertz CT molecular complexity index is 840. The van der Waals surface area contributed by atoms with E-state index in [0.717, 1.165) is 48.2 Å². The van der Waals surface area contributed by atoms with E-state index in [1.807, 2.05) is 32.0 Å². The molecular formula is C21H24N2O4. The van der Waals surface area contributed by atoms with Gasteiger partial charge in [-0.25, -0.2) is 0 Å². The number of nitro groups is 1. The molecule has 1 amide bonds. The first kappa shape index (κ1) is 18.9. The number of rotatable bonds is 6. The number of anilines is 1. The largest absolute Gasteiger partial charge is 0.494 e. The van der Waals surface area contributed by atoms with Crippen molar-refractivity contribution in [3.8, 4) is 5.75 Å². The molecule has 0 unspecified atom stereocenters. The molecule has 1 N–H and O–H groups in total. The predicted octanol–water partition coefficient (Wildman–Crippen LogP) is 4.75. The molecule has 27 heavy (non-hydrogen) atoms. The number of amides is 1. The highest BCUT2D eigenvalue weighted by molar-refractivity contribution is 5.99. The topological polar surface area (TPSA) is 81.5 Å². The number of nitro benzene ring substituents is 1. The van der Waals surface area contributed by atoms with Gasteiger partial charge in [-0.1, -0.05) is 25.0 Å². The van der Waals surface area contributed by atoms with E-state index in [0.29, 0.717) is 6.61 Å². The molecule has 6 heteroatoms. The summed E-state index contributed by atoms with van der Waals surface area (Å²) in [6, 6.07) is 12.0. The monoisotopic (exact) mass is 368 g/mol. The van der Waals surface area contributed by atoms with Crippen LogP contribution in [0.5, 0.6) is 5.75 Å². The molecule has 0 aliphatic heterocycles. The maximum Gasteiger partial charge on any atom is 0.269 e. The summed E-state index contributed by atoms with van der Waals surface area (Å²) in [4.78, 5) is 23.7. The zero-order valence-electron chi connectivity index (χ0n) is 15.7. The molecule has 1 aliphatic rings. The second-order valence-corrected chi connectivity index (χ2v) is 6.96. The second kappa shape index (κ2) is 7.78. The standard InChI is InChI=1S/C21H24N2O4/c1-3-27-19-11-8-17(14-15(19)2)22-20(24)21(12-4-5-13-21)16-6-9-18(10-7-16)23(25)26/h6-11,14H,3-5,12-13H2,1-2H3,(H,22,24). The molecule has 1 fully saturated rings. The van der Waals surface area contributed by atoms with Crippen molar-refractivity contribution in [1.29, 1.82) is 0 Å². The summed E-state index contributed by atoms with van der Waals surface area (Å²) in [5, 5.41) is 14.0. The van der Waals surface area contributed by atoms with E-state index in [4.69, 9.17) is 4.74 Å². The highest BCUT2D eigenvalue weighted by atomic mass is 16.6. The van der Waals surface area contributed by atoms with Crippen molar-refractivity contribution in [3.05, 3.63) is 63.7 Å². The van der Waals surface area contributed by atoms with E-state index in [1.54, 1.807) is 12.1 Å². The maximum atomic E-state index is 13.2. The van der Waals surface area contributed by atoms with E-state index in [2.05, 4.69) is 5.32 Å². The number of aryl methyl sites for hydroxylation is 1. The van der Waals surface area contributed by atoms with Crippen molar-refractivity contribution in [2.75, 3.05) is 11.9 Å². The van der Waals surface area contributed by atoms with Gasteiger partial charge in [-0.05, 0) is 56.0 Å². The van der Waals surface area contributed by atoms with Crippen LogP contribution in [0.1, 0.15) is 43.7 Å². The summed E-state index contributed by atoms with van der Waals surface area (Å²) in [5.74, 6) is 0.749. The minimum Gasteiger partial charge on any atom is -0.494 e. The smallest absolute Gasteiger partial charge is 0.269 e. The van der Waals surface area contributed by atoms with Gasteiger partial charge in [0.05, 0.1) is 16.9 Å². The lowest BCUT2D eigenvalue weighted by molar-refractivity contribution is -0.384. The van der Waals surface area contributed by atoms with Crippen molar-refractivity contribution >= 4 is 17.3 Å². The molecular weight excluding hydrogens is 344 g/mol. The zero-order valence-corrected chi connectivity index (χ0v) is 15.7. The highest BCUT2D eigenvalue weighted by Crippen LogP contribution is 2.42. The maximum absolute atomic E-state index is 13.2. The third-order valence-electron chi connectivity index (χ3n) is 5.26. The van der Waals surface area contributed by atoms with E-state index < -0.39 is 10.3 Å². The molecule has 6 nitrogen and oxygen atoms in total.